The maximum Gasteiger partial charge on any atom is 0.0436 e. The summed E-state index contributed by atoms with van der Waals surface area (Å²) in [6, 6.07) is 8.47. The molecule has 2 heteroatoms. The molecule has 0 saturated heterocycles. The minimum absolute atomic E-state index is 0.299. The van der Waals surface area contributed by atoms with Crippen molar-refractivity contribution in [2.45, 2.75) is 25.2 Å². The third-order valence-corrected chi connectivity index (χ3v) is 3.40. The highest BCUT2D eigenvalue weighted by molar-refractivity contribution is 9.10. The van der Waals surface area contributed by atoms with Crippen molar-refractivity contribution >= 4 is 15.9 Å². The molecule has 0 aromatic heterocycles. The third-order valence-electron chi connectivity index (χ3n) is 2.91. The van der Waals surface area contributed by atoms with Gasteiger partial charge in [-0.1, -0.05) is 28.1 Å². The predicted octanol–water partition coefficient (Wildman–Crippen LogP) is 3.33. The molecule has 14 heavy (non-hydrogen) atoms. The summed E-state index contributed by atoms with van der Waals surface area (Å²) < 4.78 is 1.14. The summed E-state index contributed by atoms with van der Waals surface area (Å²) >= 11 is 3.49. The van der Waals surface area contributed by atoms with Crippen LogP contribution in [0.5, 0.6) is 0 Å². The fraction of sp³-hybridized carbons (Fsp3) is 0.500. The van der Waals surface area contributed by atoms with Gasteiger partial charge in [0.15, 0.2) is 0 Å². The van der Waals surface area contributed by atoms with Crippen LogP contribution in [0.15, 0.2) is 28.7 Å². The van der Waals surface area contributed by atoms with Gasteiger partial charge in [-0.05, 0) is 48.8 Å². The van der Waals surface area contributed by atoms with Gasteiger partial charge in [0.1, 0.15) is 0 Å². The zero-order chi connectivity index (χ0) is 9.97. The lowest BCUT2D eigenvalue weighted by Crippen LogP contribution is -2.03. The van der Waals surface area contributed by atoms with E-state index in [-0.39, 0.29) is 0 Å². The highest BCUT2D eigenvalue weighted by atomic mass is 79.9. The van der Waals surface area contributed by atoms with E-state index in [1.54, 1.807) is 0 Å². The Kier molecular flexibility index (Phi) is 3.24. The Balaban J connectivity index is 2.16. The molecule has 1 fully saturated rings. The maximum atomic E-state index is 9.03. The van der Waals surface area contributed by atoms with Crippen molar-refractivity contribution in [1.29, 1.82) is 0 Å². The molecule has 1 atom stereocenters. The van der Waals surface area contributed by atoms with Gasteiger partial charge in [-0.25, -0.2) is 0 Å². The van der Waals surface area contributed by atoms with E-state index in [0.717, 1.165) is 16.8 Å². The number of halogens is 1. The first-order chi connectivity index (χ1) is 6.81. The zero-order valence-corrected chi connectivity index (χ0v) is 9.70. The topological polar surface area (TPSA) is 20.2 Å². The zero-order valence-electron chi connectivity index (χ0n) is 8.12. The second-order valence-electron chi connectivity index (χ2n) is 4.01. The average molecular weight is 255 g/mol. The lowest BCUT2D eigenvalue weighted by molar-refractivity contribution is 0.270. The number of aliphatic hydroxyl groups excluding tert-OH is 1. The monoisotopic (exact) mass is 254 g/mol. The lowest BCUT2D eigenvalue weighted by Gasteiger charge is -2.15. The summed E-state index contributed by atoms with van der Waals surface area (Å²) in [5.74, 6) is 1.38. The quantitative estimate of drug-likeness (QED) is 0.874. The molecular formula is C12H15BrO. The molecule has 0 radical (unpaired) electrons. The van der Waals surface area contributed by atoms with E-state index >= 15 is 0 Å². The number of rotatable bonds is 4. The second-order valence-corrected chi connectivity index (χ2v) is 4.93. The van der Waals surface area contributed by atoms with Gasteiger partial charge in [0.2, 0.25) is 0 Å². The van der Waals surface area contributed by atoms with Crippen LogP contribution in [0, 0.1) is 5.92 Å². The Bertz CT molecular complexity index is 307. The van der Waals surface area contributed by atoms with Gasteiger partial charge in [0, 0.05) is 11.1 Å². The molecule has 0 heterocycles. The molecule has 0 aliphatic heterocycles. The number of aliphatic hydroxyl groups is 1. The van der Waals surface area contributed by atoms with Crippen LogP contribution in [-0.4, -0.2) is 11.7 Å². The van der Waals surface area contributed by atoms with Crippen LogP contribution in [0.2, 0.25) is 0 Å². The van der Waals surface area contributed by atoms with Crippen molar-refractivity contribution in [3.8, 4) is 0 Å². The van der Waals surface area contributed by atoms with Gasteiger partial charge in [-0.15, -0.1) is 0 Å². The minimum Gasteiger partial charge on any atom is -0.396 e. The first kappa shape index (κ1) is 10.2. The second kappa shape index (κ2) is 4.45. The Hall–Kier alpha value is -0.340. The number of hydrogen-bond donors (Lipinski definition) is 1. The Labute approximate surface area is 93.3 Å². The van der Waals surface area contributed by atoms with Crippen LogP contribution in [0.25, 0.3) is 0 Å². The van der Waals surface area contributed by atoms with Crippen LogP contribution in [0.4, 0.5) is 0 Å². The van der Waals surface area contributed by atoms with Crippen LogP contribution in [0.1, 0.15) is 30.7 Å². The molecule has 1 N–H and O–H groups in total. The molecule has 0 amide bonds. The molecule has 0 spiro atoms. The van der Waals surface area contributed by atoms with Crippen LogP contribution < -0.4 is 0 Å². The van der Waals surface area contributed by atoms with Crippen molar-refractivity contribution in [3.05, 3.63) is 34.3 Å². The molecule has 76 valence electrons. The van der Waals surface area contributed by atoms with Crippen LogP contribution in [-0.2, 0) is 0 Å². The fourth-order valence-corrected chi connectivity index (χ4v) is 2.47. The highest BCUT2D eigenvalue weighted by Crippen LogP contribution is 2.44. The summed E-state index contributed by atoms with van der Waals surface area (Å²) in [7, 11) is 0. The number of benzene rings is 1. The van der Waals surface area contributed by atoms with Crippen molar-refractivity contribution in [2.24, 2.45) is 5.92 Å². The van der Waals surface area contributed by atoms with Crippen molar-refractivity contribution < 1.29 is 5.11 Å². The molecule has 2 rings (SSSR count). The molecule has 1 aliphatic rings. The normalized spacial score (nSPS) is 18.1. The van der Waals surface area contributed by atoms with Crippen molar-refractivity contribution in [3.63, 3.8) is 0 Å². The summed E-state index contributed by atoms with van der Waals surface area (Å²) in [5, 5.41) is 9.03. The van der Waals surface area contributed by atoms with Gasteiger partial charge in [0.25, 0.3) is 0 Å². The number of hydrogen-bond acceptors (Lipinski definition) is 1. The maximum absolute atomic E-state index is 9.03. The first-order valence-corrected chi connectivity index (χ1v) is 5.97. The molecule has 0 bridgehead atoms. The van der Waals surface area contributed by atoms with E-state index in [2.05, 4.69) is 34.1 Å². The fourth-order valence-electron chi connectivity index (χ4n) is 2.05. The molecular weight excluding hydrogens is 240 g/mol. The summed E-state index contributed by atoms with van der Waals surface area (Å²) in [5.41, 5.74) is 1.37. The summed E-state index contributed by atoms with van der Waals surface area (Å²) in [4.78, 5) is 0. The van der Waals surface area contributed by atoms with Gasteiger partial charge in [-0.2, -0.15) is 0 Å². The van der Waals surface area contributed by atoms with Crippen LogP contribution >= 0.6 is 15.9 Å². The van der Waals surface area contributed by atoms with Crippen molar-refractivity contribution in [1.82, 2.24) is 0 Å². The molecule has 1 nitrogen and oxygen atoms in total. The van der Waals surface area contributed by atoms with Gasteiger partial charge in [-0.3, -0.25) is 0 Å². The molecule has 1 aromatic rings. The van der Waals surface area contributed by atoms with Gasteiger partial charge >= 0.3 is 0 Å². The molecule has 1 aromatic carbocycles. The lowest BCUT2D eigenvalue weighted by atomic mass is 9.91. The average Bonchev–Trinajstić information content (AvgIpc) is 2.97. The van der Waals surface area contributed by atoms with E-state index in [4.69, 9.17) is 5.11 Å². The largest absolute Gasteiger partial charge is 0.396 e. The van der Waals surface area contributed by atoms with E-state index in [9.17, 15) is 0 Å². The molecule has 1 aliphatic carbocycles. The summed E-state index contributed by atoms with van der Waals surface area (Å²) in [6.45, 7) is 0.299. The standard InChI is InChI=1S/C12H15BrO/c13-11-3-1-2-10(8-11)12(6-7-14)9-4-5-9/h1-3,8-9,12,14H,4-7H2. The highest BCUT2D eigenvalue weighted by Gasteiger charge is 2.31. The Morgan fingerprint density at radius 3 is 2.79 bits per heavy atom. The van der Waals surface area contributed by atoms with E-state index in [0.29, 0.717) is 12.5 Å². The minimum atomic E-state index is 0.299. The summed E-state index contributed by atoms with van der Waals surface area (Å²) in [6.07, 6.45) is 3.56. The van der Waals surface area contributed by atoms with E-state index < -0.39 is 0 Å². The smallest absolute Gasteiger partial charge is 0.0436 e. The SMILES string of the molecule is OCCC(c1cccc(Br)c1)C1CC1. The van der Waals surface area contributed by atoms with Gasteiger partial charge in [0.05, 0.1) is 0 Å². The van der Waals surface area contributed by atoms with Crippen LogP contribution in [0.3, 0.4) is 0 Å². The predicted molar refractivity (Wildman–Crippen MR) is 61.3 cm³/mol. The van der Waals surface area contributed by atoms with E-state index in [1.807, 2.05) is 6.07 Å². The van der Waals surface area contributed by atoms with Crippen molar-refractivity contribution in [2.75, 3.05) is 6.61 Å². The molecule has 1 saturated carbocycles. The third kappa shape index (κ3) is 2.37. The molecule has 1 unspecified atom stereocenters. The van der Waals surface area contributed by atoms with Gasteiger partial charge < -0.3 is 5.11 Å². The van der Waals surface area contributed by atoms with E-state index in [1.165, 1.54) is 18.4 Å². The Morgan fingerprint density at radius 1 is 1.43 bits per heavy atom. The Morgan fingerprint density at radius 2 is 2.21 bits per heavy atom. The first-order valence-electron chi connectivity index (χ1n) is 5.17.